The molecule has 6 heteroatoms. The van der Waals surface area contributed by atoms with Crippen molar-refractivity contribution in [2.24, 2.45) is 7.05 Å². The Hall–Kier alpha value is -3.07. The number of para-hydroxylation sites is 1. The van der Waals surface area contributed by atoms with Crippen LogP contribution >= 0.6 is 0 Å². The Kier molecular flexibility index (Phi) is 2.77. The number of benzene rings is 1. The van der Waals surface area contributed by atoms with Gasteiger partial charge < -0.3 is 4.57 Å². The molecular weight excluding hydrogens is 268 g/mol. The van der Waals surface area contributed by atoms with Crippen LogP contribution < -0.4 is 11.1 Å². The standard InChI is InChI=1S/C15H12N4O2/c1-9-14-11(7-13(20)18(9)2)17-19(15(14)21)12-6-4-3-5-10(12)8-16/h3-7,17H,1-2H3. The maximum atomic E-state index is 12.6. The number of hydrogen-bond acceptors (Lipinski definition) is 3. The van der Waals surface area contributed by atoms with Gasteiger partial charge in [-0.05, 0) is 19.1 Å². The molecule has 2 heterocycles. The summed E-state index contributed by atoms with van der Waals surface area (Å²) in [6, 6.07) is 10.2. The Morgan fingerprint density at radius 1 is 1.24 bits per heavy atom. The SMILES string of the molecule is Cc1c2c(=O)n(-c3ccccc3C#N)[nH]c2cc(=O)n1C. The first kappa shape index (κ1) is 12.9. The topological polar surface area (TPSA) is 83.6 Å². The van der Waals surface area contributed by atoms with E-state index in [1.54, 1.807) is 38.2 Å². The number of rotatable bonds is 1. The summed E-state index contributed by atoms with van der Waals surface area (Å²) in [5.74, 6) is 0. The largest absolute Gasteiger partial charge is 0.315 e. The summed E-state index contributed by atoms with van der Waals surface area (Å²) in [5.41, 5.74) is 1.44. The van der Waals surface area contributed by atoms with Crippen LogP contribution in [0.4, 0.5) is 0 Å². The molecule has 1 aromatic carbocycles. The van der Waals surface area contributed by atoms with E-state index in [1.165, 1.54) is 15.3 Å². The van der Waals surface area contributed by atoms with E-state index in [2.05, 4.69) is 11.2 Å². The molecular formula is C15H12N4O2. The van der Waals surface area contributed by atoms with E-state index in [-0.39, 0.29) is 11.1 Å². The molecule has 0 radical (unpaired) electrons. The molecule has 0 aliphatic heterocycles. The molecule has 0 aliphatic carbocycles. The first-order valence-corrected chi connectivity index (χ1v) is 6.35. The molecule has 0 bridgehead atoms. The summed E-state index contributed by atoms with van der Waals surface area (Å²) < 4.78 is 2.73. The van der Waals surface area contributed by atoms with E-state index >= 15 is 0 Å². The van der Waals surface area contributed by atoms with Gasteiger partial charge in [0.25, 0.3) is 11.1 Å². The first-order valence-electron chi connectivity index (χ1n) is 6.35. The van der Waals surface area contributed by atoms with Crippen LogP contribution in [0.1, 0.15) is 11.3 Å². The number of pyridine rings is 1. The van der Waals surface area contributed by atoms with Crippen molar-refractivity contribution in [1.29, 1.82) is 5.26 Å². The maximum Gasteiger partial charge on any atom is 0.280 e. The number of aromatic amines is 1. The van der Waals surface area contributed by atoms with Gasteiger partial charge in [0.1, 0.15) is 6.07 Å². The summed E-state index contributed by atoms with van der Waals surface area (Å²) in [6.07, 6.45) is 0. The second-order valence-corrected chi connectivity index (χ2v) is 4.80. The quantitative estimate of drug-likeness (QED) is 0.727. The minimum atomic E-state index is -0.277. The van der Waals surface area contributed by atoms with Gasteiger partial charge in [0.05, 0.1) is 22.2 Å². The zero-order valence-corrected chi connectivity index (χ0v) is 11.5. The second kappa shape index (κ2) is 4.49. The average Bonchev–Trinajstić information content (AvgIpc) is 2.81. The van der Waals surface area contributed by atoms with Crippen molar-refractivity contribution < 1.29 is 0 Å². The fraction of sp³-hybridized carbons (Fsp3) is 0.133. The second-order valence-electron chi connectivity index (χ2n) is 4.80. The maximum absolute atomic E-state index is 12.6. The lowest BCUT2D eigenvalue weighted by Gasteiger charge is -2.02. The lowest BCUT2D eigenvalue weighted by Crippen LogP contribution is -2.20. The molecule has 0 unspecified atom stereocenters. The number of fused-ring (bicyclic) bond motifs is 1. The summed E-state index contributed by atoms with van der Waals surface area (Å²) >= 11 is 0. The lowest BCUT2D eigenvalue weighted by atomic mass is 10.2. The minimum Gasteiger partial charge on any atom is -0.315 e. The third-order valence-electron chi connectivity index (χ3n) is 3.65. The van der Waals surface area contributed by atoms with Gasteiger partial charge in [0.2, 0.25) is 0 Å². The highest BCUT2D eigenvalue weighted by molar-refractivity contribution is 5.80. The van der Waals surface area contributed by atoms with Gasteiger partial charge in [0.15, 0.2) is 0 Å². The minimum absolute atomic E-state index is 0.193. The monoisotopic (exact) mass is 280 g/mol. The molecule has 21 heavy (non-hydrogen) atoms. The molecule has 0 spiro atoms. The van der Waals surface area contributed by atoms with E-state index < -0.39 is 0 Å². The van der Waals surface area contributed by atoms with Gasteiger partial charge in [-0.3, -0.25) is 14.7 Å². The normalized spacial score (nSPS) is 10.7. The predicted molar refractivity (Wildman–Crippen MR) is 78.6 cm³/mol. The molecule has 0 saturated carbocycles. The van der Waals surface area contributed by atoms with Gasteiger partial charge in [-0.15, -0.1) is 0 Å². The highest BCUT2D eigenvalue weighted by Crippen LogP contribution is 2.15. The van der Waals surface area contributed by atoms with Crippen LogP contribution in [0.5, 0.6) is 0 Å². The summed E-state index contributed by atoms with van der Waals surface area (Å²) in [6.45, 7) is 1.72. The molecule has 0 atom stereocenters. The molecule has 3 rings (SSSR count). The van der Waals surface area contributed by atoms with Gasteiger partial charge in [-0.1, -0.05) is 12.1 Å². The average molecular weight is 280 g/mol. The van der Waals surface area contributed by atoms with E-state index in [9.17, 15) is 9.59 Å². The van der Waals surface area contributed by atoms with Crippen molar-refractivity contribution in [1.82, 2.24) is 14.3 Å². The van der Waals surface area contributed by atoms with Crippen molar-refractivity contribution >= 4 is 10.9 Å². The first-order chi connectivity index (χ1) is 10.0. The van der Waals surface area contributed by atoms with Crippen molar-refractivity contribution in [2.45, 2.75) is 6.92 Å². The Morgan fingerprint density at radius 2 is 1.95 bits per heavy atom. The summed E-state index contributed by atoms with van der Waals surface area (Å²) in [7, 11) is 1.62. The van der Waals surface area contributed by atoms with E-state index in [0.29, 0.717) is 27.8 Å². The Bertz CT molecular complexity index is 1010. The third kappa shape index (κ3) is 1.79. The smallest absolute Gasteiger partial charge is 0.280 e. The third-order valence-corrected chi connectivity index (χ3v) is 3.65. The number of aryl methyl sites for hydroxylation is 1. The Labute approximate surface area is 119 Å². The number of nitrogens with zero attached hydrogens (tertiary/aromatic N) is 3. The van der Waals surface area contributed by atoms with Crippen LogP contribution in [0.3, 0.4) is 0 Å². The fourth-order valence-corrected chi connectivity index (χ4v) is 2.39. The molecule has 2 aromatic heterocycles. The lowest BCUT2D eigenvalue weighted by molar-refractivity contribution is 0.830. The fourth-order valence-electron chi connectivity index (χ4n) is 2.39. The number of nitriles is 1. The van der Waals surface area contributed by atoms with Crippen LogP contribution in [0.15, 0.2) is 39.9 Å². The summed E-state index contributed by atoms with van der Waals surface area (Å²) in [4.78, 5) is 24.4. The van der Waals surface area contributed by atoms with E-state index in [4.69, 9.17) is 5.26 Å². The van der Waals surface area contributed by atoms with Crippen LogP contribution in [0.25, 0.3) is 16.6 Å². The molecule has 1 N–H and O–H groups in total. The Balaban J connectivity index is 2.45. The van der Waals surface area contributed by atoms with Crippen LogP contribution in [0.2, 0.25) is 0 Å². The molecule has 0 amide bonds. The van der Waals surface area contributed by atoms with Gasteiger partial charge in [-0.25, -0.2) is 4.68 Å². The molecule has 6 nitrogen and oxygen atoms in total. The van der Waals surface area contributed by atoms with Crippen LogP contribution in [-0.2, 0) is 7.05 Å². The number of nitrogens with one attached hydrogen (secondary N) is 1. The van der Waals surface area contributed by atoms with Gasteiger partial charge >= 0.3 is 0 Å². The molecule has 0 fully saturated rings. The molecule has 0 saturated heterocycles. The number of H-pyrrole nitrogens is 1. The van der Waals surface area contributed by atoms with E-state index in [1.807, 2.05) is 0 Å². The molecule has 3 aromatic rings. The Morgan fingerprint density at radius 3 is 2.67 bits per heavy atom. The highest BCUT2D eigenvalue weighted by Gasteiger charge is 2.15. The van der Waals surface area contributed by atoms with Gasteiger partial charge in [-0.2, -0.15) is 5.26 Å². The van der Waals surface area contributed by atoms with Crippen molar-refractivity contribution in [2.75, 3.05) is 0 Å². The highest BCUT2D eigenvalue weighted by atomic mass is 16.1. The number of hydrogen-bond donors (Lipinski definition) is 1. The summed E-state index contributed by atoms with van der Waals surface area (Å²) in [5, 5.41) is 12.5. The van der Waals surface area contributed by atoms with Crippen molar-refractivity contribution in [3.63, 3.8) is 0 Å². The van der Waals surface area contributed by atoms with Crippen molar-refractivity contribution in [3.8, 4) is 11.8 Å². The predicted octanol–water partition coefficient (Wildman–Crippen LogP) is 1.20. The number of aromatic nitrogens is 3. The van der Waals surface area contributed by atoms with Crippen LogP contribution in [0, 0.1) is 18.3 Å². The van der Waals surface area contributed by atoms with Crippen LogP contribution in [-0.4, -0.2) is 14.3 Å². The van der Waals surface area contributed by atoms with Gasteiger partial charge in [0, 0.05) is 18.8 Å². The zero-order valence-electron chi connectivity index (χ0n) is 11.5. The molecule has 0 aliphatic rings. The molecule has 104 valence electrons. The zero-order chi connectivity index (χ0) is 15.1. The van der Waals surface area contributed by atoms with Crippen molar-refractivity contribution in [3.05, 3.63) is 62.3 Å². The van der Waals surface area contributed by atoms with E-state index in [0.717, 1.165) is 0 Å².